The summed E-state index contributed by atoms with van der Waals surface area (Å²) in [5, 5.41) is 0. The molecule has 2 aliphatic rings. The quantitative estimate of drug-likeness (QED) is 0.475. The zero-order valence-corrected chi connectivity index (χ0v) is 8.61. The molecule has 2 rings (SSSR count). The van der Waals surface area contributed by atoms with Crippen LogP contribution in [0.1, 0.15) is 19.3 Å². The van der Waals surface area contributed by atoms with Gasteiger partial charge >= 0.3 is 0 Å². The minimum Gasteiger partial charge on any atom is -0.373 e. The molecule has 3 atom stereocenters. The topological polar surface area (TPSA) is 40.2 Å². The van der Waals surface area contributed by atoms with Crippen LogP contribution in [0.3, 0.4) is 0 Å². The summed E-state index contributed by atoms with van der Waals surface area (Å²) in [4.78, 5) is 0. The van der Waals surface area contributed by atoms with E-state index >= 15 is 0 Å². The van der Waals surface area contributed by atoms with E-state index in [1.807, 2.05) is 0 Å². The highest BCUT2D eigenvalue weighted by Crippen LogP contribution is 2.26. The van der Waals surface area contributed by atoms with Gasteiger partial charge in [-0.25, -0.2) is 0 Å². The molecule has 2 fully saturated rings. The molecule has 0 aromatic rings. The zero-order chi connectivity index (χ0) is 9.80. The fourth-order valence-electron chi connectivity index (χ4n) is 1.82. The van der Waals surface area contributed by atoms with E-state index in [4.69, 9.17) is 18.9 Å². The molecule has 1 aliphatic heterocycles. The molecule has 0 N–H and O–H groups in total. The van der Waals surface area contributed by atoms with Gasteiger partial charge in [-0.2, -0.15) is 0 Å². The molecule has 0 aromatic heterocycles. The van der Waals surface area contributed by atoms with Gasteiger partial charge in [-0.05, 0) is 19.3 Å². The van der Waals surface area contributed by atoms with Crippen molar-refractivity contribution in [3.05, 3.63) is 0 Å². The summed E-state index contributed by atoms with van der Waals surface area (Å²) in [5.74, 6) is 0. The van der Waals surface area contributed by atoms with Crippen molar-refractivity contribution < 1.29 is 18.9 Å². The van der Waals surface area contributed by atoms with Crippen molar-refractivity contribution in [1.29, 1.82) is 0 Å². The van der Waals surface area contributed by atoms with E-state index in [1.165, 1.54) is 6.42 Å². The van der Waals surface area contributed by atoms with Crippen LogP contribution < -0.4 is 0 Å². The monoisotopic (exact) mass is 202 g/mol. The Balaban J connectivity index is 1.66. The van der Waals surface area contributed by atoms with Crippen LogP contribution in [-0.4, -0.2) is 45.4 Å². The van der Waals surface area contributed by atoms with Gasteiger partial charge in [0.05, 0.1) is 25.4 Å². The lowest BCUT2D eigenvalue weighted by molar-refractivity contribution is -0.117. The van der Waals surface area contributed by atoms with Crippen molar-refractivity contribution in [1.82, 2.24) is 0 Å². The summed E-state index contributed by atoms with van der Waals surface area (Å²) in [6, 6.07) is 0. The third kappa shape index (κ3) is 2.92. The first-order chi connectivity index (χ1) is 6.90. The van der Waals surface area contributed by atoms with Gasteiger partial charge in [0.1, 0.15) is 12.9 Å². The van der Waals surface area contributed by atoms with Crippen LogP contribution >= 0.6 is 0 Å². The largest absolute Gasteiger partial charge is 0.373 e. The van der Waals surface area contributed by atoms with Gasteiger partial charge in [0.15, 0.2) is 0 Å². The first-order valence-corrected chi connectivity index (χ1v) is 5.24. The maximum Gasteiger partial charge on any atom is 0.146 e. The zero-order valence-electron chi connectivity index (χ0n) is 8.61. The molecule has 82 valence electrons. The summed E-state index contributed by atoms with van der Waals surface area (Å²) >= 11 is 0. The van der Waals surface area contributed by atoms with E-state index in [0.29, 0.717) is 12.9 Å². The lowest BCUT2D eigenvalue weighted by Crippen LogP contribution is -2.28. The summed E-state index contributed by atoms with van der Waals surface area (Å²) < 4.78 is 21.2. The van der Waals surface area contributed by atoms with Crippen LogP contribution in [0.15, 0.2) is 0 Å². The van der Waals surface area contributed by atoms with Gasteiger partial charge in [-0.1, -0.05) is 0 Å². The average molecular weight is 202 g/mol. The Bertz CT molecular complexity index is 170. The number of rotatable bonds is 6. The highest BCUT2D eigenvalue weighted by Gasteiger charge is 2.31. The Morgan fingerprint density at radius 1 is 1.21 bits per heavy atom. The van der Waals surface area contributed by atoms with Crippen molar-refractivity contribution in [2.75, 3.05) is 27.1 Å². The molecular formula is C10H18O4. The van der Waals surface area contributed by atoms with Crippen LogP contribution in [0.5, 0.6) is 0 Å². The van der Waals surface area contributed by atoms with E-state index in [2.05, 4.69) is 0 Å². The first kappa shape index (κ1) is 10.4. The van der Waals surface area contributed by atoms with Crippen molar-refractivity contribution in [3.8, 4) is 0 Å². The number of methoxy groups -OCH3 is 1. The van der Waals surface area contributed by atoms with Crippen LogP contribution in [-0.2, 0) is 18.9 Å². The van der Waals surface area contributed by atoms with Crippen molar-refractivity contribution in [3.63, 3.8) is 0 Å². The van der Waals surface area contributed by atoms with Crippen LogP contribution in [0.2, 0.25) is 0 Å². The predicted molar refractivity (Wildman–Crippen MR) is 50.1 cm³/mol. The molecule has 1 saturated carbocycles. The average Bonchev–Trinajstić information content (AvgIpc) is 2.92. The number of hydrogen-bond donors (Lipinski definition) is 0. The molecule has 1 saturated heterocycles. The molecule has 1 aliphatic carbocycles. The molecule has 1 heterocycles. The van der Waals surface area contributed by atoms with Gasteiger partial charge in [0, 0.05) is 7.11 Å². The Morgan fingerprint density at radius 2 is 1.93 bits per heavy atom. The highest BCUT2D eigenvalue weighted by atomic mass is 16.7. The molecule has 0 radical (unpaired) electrons. The normalized spacial score (nSPS) is 36.2. The molecular weight excluding hydrogens is 184 g/mol. The molecule has 14 heavy (non-hydrogen) atoms. The Hall–Kier alpha value is -0.160. The number of ether oxygens (including phenoxy) is 4. The Labute approximate surface area is 84.5 Å². The summed E-state index contributed by atoms with van der Waals surface area (Å²) in [6.07, 6.45) is 4.17. The second-order valence-electron chi connectivity index (χ2n) is 3.87. The molecule has 0 bridgehead atoms. The predicted octanol–water partition coefficient (Wildman–Crippen LogP) is 0.943. The fraction of sp³-hybridized carbons (Fsp3) is 1.00. The van der Waals surface area contributed by atoms with Crippen LogP contribution in [0, 0.1) is 0 Å². The third-order valence-corrected chi connectivity index (χ3v) is 2.69. The van der Waals surface area contributed by atoms with E-state index in [1.54, 1.807) is 7.11 Å². The summed E-state index contributed by atoms with van der Waals surface area (Å²) in [5.41, 5.74) is 0. The van der Waals surface area contributed by atoms with Gasteiger partial charge in [-0.3, -0.25) is 0 Å². The van der Waals surface area contributed by atoms with Crippen molar-refractivity contribution in [2.24, 2.45) is 0 Å². The lowest BCUT2D eigenvalue weighted by Gasteiger charge is -2.19. The van der Waals surface area contributed by atoms with Gasteiger partial charge in [0.2, 0.25) is 0 Å². The summed E-state index contributed by atoms with van der Waals surface area (Å²) in [6.45, 7) is 1.94. The number of hydrogen-bond acceptors (Lipinski definition) is 4. The second-order valence-corrected chi connectivity index (χ2v) is 3.87. The van der Waals surface area contributed by atoms with Crippen molar-refractivity contribution in [2.45, 2.75) is 37.6 Å². The third-order valence-electron chi connectivity index (χ3n) is 2.69. The van der Waals surface area contributed by atoms with E-state index in [9.17, 15) is 0 Å². The molecule has 0 amide bonds. The molecule has 0 unspecified atom stereocenters. The van der Waals surface area contributed by atoms with E-state index < -0.39 is 0 Å². The van der Waals surface area contributed by atoms with E-state index in [-0.39, 0.29) is 12.2 Å². The second kappa shape index (κ2) is 5.07. The molecule has 4 nitrogen and oxygen atoms in total. The van der Waals surface area contributed by atoms with Gasteiger partial charge in [-0.15, -0.1) is 0 Å². The first-order valence-electron chi connectivity index (χ1n) is 5.24. The summed E-state index contributed by atoms with van der Waals surface area (Å²) in [7, 11) is 1.64. The fourth-order valence-corrected chi connectivity index (χ4v) is 1.82. The number of epoxide rings is 1. The van der Waals surface area contributed by atoms with Crippen molar-refractivity contribution >= 4 is 0 Å². The van der Waals surface area contributed by atoms with Crippen LogP contribution in [0.4, 0.5) is 0 Å². The maximum absolute atomic E-state index is 5.73. The minimum absolute atomic E-state index is 0.216. The molecule has 0 spiro atoms. The SMILES string of the molecule is COCO[C@@H]1CCC[C@@H]1OC[C@H]1CO1. The Kier molecular flexibility index (Phi) is 3.75. The maximum atomic E-state index is 5.73. The lowest BCUT2D eigenvalue weighted by atomic mass is 10.2. The van der Waals surface area contributed by atoms with Crippen LogP contribution in [0.25, 0.3) is 0 Å². The smallest absolute Gasteiger partial charge is 0.146 e. The van der Waals surface area contributed by atoms with Gasteiger partial charge < -0.3 is 18.9 Å². The minimum atomic E-state index is 0.216. The van der Waals surface area contributed by atoms with Gasteiger partial charge in [0.25, 0.3) is 0 Å². The molecule has 4 heteroatoms. The molecule has 0 aromatic carbocycles. The Morgan fingerprint density at radius 3 is 2.57 bits per heavy atom. The highest BCUT2D eigenvalue weighted by molar-refractivity contribution is 4.80. The standard InChI is InChI=1S/C10H18O4/c1-11-7-14-10-4-2-3-9(10)13-6-8-5-12-8/h8-10H,2-7H2,1H3/t8-,9+,10-/m1/s1. The van der Waals surface area contributed by atoms with E-state index in [0.717, 1.165) is 26.1 Å².